The van der Waals surface area contributed by atoms with Crippen molar-refractivity contribution in [2.24, 2.45) is 0 Å². The molecule has 122 valence electrons. The van der Waals surface area contributed by atoms with Gasteiger partial charge in [-0.2, -0.15) is 0 Å². The van der Waals surface area contributed by atoms with E-state index in [1.807, 2.05) is 56.0 Å². The highest BCUT2D eigenvalue weighted by Gasteiger charge is 2.36. The number of para-hydroxylation sites is 1. The van der Waals surface area contributed by atoms with E-state index >= 15 is 0 Å². The summed E-state index contributed by atoms with van der Waals surface area (Å²) in [6.45, 7) is 6.99. The lowest BCUT2D eigenvalue weighted by molar-refractivity contribution is -0.152. The molecule has 1 N–H and O–H groups in total. The maximum atomic E-state index is 12.7. The summed E-state index contributed by atoms with van der Waals surface area (Å²) in [6.07, 6.45) is 0.123. The molecular formula is C18H22N2O3. The topological polar surface area (TPSA) is 62.4 Å². The van der Waals surface area contributed by atoms with Crippen molar-refractivity contribution in [1.29, 1.82) is 0 Å². The number of benzene rings is 1. The molecule has 1 amide bonds. The number of pyridine rings is 1. The zero-order valence-electron chi connectivity index (χ0n) is 13.8. The summed E-state index contributed by atoms with van der Waals surface area (Å²) in [5.74, 6) is -0.0362. The molecule has 23 heavy (non-hydrogen) atoms. The standard InChI is InChI=1S/C18H22N2O3/c1-12-10-20(18(2,3)11-23-12)16(21)9-14-8-13-6-4-5-7-15(13)19-17(14)22/h4-8,12H,9-11H2,1-3H3,(H,19,22). The molecule has 1 unspecified atom stereocenters. The van der Waals surface area contributed by atoms with Gasteiger partial charge in [-0.3, -0.25) is 9.59 Å². The van der Waals surface area contributed by atoms with Crippen LogP contribution in [0.2, 0.25) is 0 Å². The Labute approximate surface area is 135 Å². The van der Waals surface area contributed by atoms with Crippen LogP contribution in [0.3, 0.4) is 0 Å². The molecule has 0 aliphatic carbocycles. The minimum absolute atomic E-state index is 0.0156. The first-order valence-corrected chi connectivity index (χ1v) is 7.90. The van der Waals surface area contributed by atoms with Crippen molar-refractivity contribution in [3.05, 3.63) is 46.2 Å². The number of rotatable bonds is 2. The predicted octanol–water partition coefficient (Wildman–Crippen LogP) is 2.10. The second kappa shape index (κ2) is 5.81. The fourth-order valence-corrected chi connectivity index (χ4v) is 3.00. The van der Waals surface area contributed by atoms with Crippen molar-refractivity contribution in [2.75, 3.05) is 13.2 Å². The Morgan fingerprint density at radius 1 is 1.39 bits per heavy atom. The monoisotopic (exact) mass is 314 g/mol. The normalized spacial score (nSPS) is 20.7. The fraction of sp³-hybridized carbons (Fsp3) is 0.444. The van der Waals surface area contributed by atoms with Crippen LogP contribution in [0.4, 0.5) is 0 Å². The highest BCUT2D eigenvalue weighted by Crippen LogP contribution is 2.23. The van der Waals surface area contributed by atoms with Crippen LogP contribution in [-0.4, -0.2) is 40.6 Å². The van der Waals surface area contributed by atoms with Gasteiger partial charge in [0.2, 0.25) is 5.91 Å². The van der Waals surface area contributed by atoms with Crippen molar-refractivity contribution >= 4 is 16.8 Å². The Kier molecular flexibility index (Phi) is 3.98. The molecule has 1 aliphatic rings. The third-order valence-electron chi connectivity index (χ3n) is 4.36. The van der Waals surface area contributed by atoms with Crippen molar-refractivity contribution in [1.82, 2.24) is 9.88 Å². The second-order valence-electron chi connectivity index (χ2n) is 6.83. The van der Waals surface area contributed by atoms with Crippen LogP contribution < -0.4 is 5.56 Å². The van der Waals surface area contributed by atoms with E-state index in [2.05, 4.69) is 4.98 Å². The van der Waals surface area contributed by atoms with E-state index < -0.39 is 0 Å². The van der Waals surface area contributed by atoms with Crippen LogP contribution in [-0.2, 0) is 16.0 Å². The molecule has 1 fully saturated rings. The number of H-pyrrole nitrogens is 1. The van der Waals surface area contributed by atoms with Crippen molar-refractivity contribution in [3.8, 4) is 0 Å². The molecule has 5 nitrogen and oxygen atoms in total. The molecule has 2 aromatic rings. The summed E-state index contributed by atoms with van der Waals surface area (Å²) < 4.78 is 5.64. The SMILES string of the molecule is CC1CN(C(=O)Cc2cc3ccccc3[nH]c2=O)C(C)(C)CO1. The fourth-order valence-electron chi connectivity index (χ4n) is 3.00. The first-order valence-electron chi connectivity index (χ1n) is 7.90. The molecule has 5 heteroatoms. The van der Waals surface area contributed by atoms with Crippen molar-refractivity contribution < 1.29 is 9.53 Å². The summed E-state index contributed by atoms with van der Waals surface area (Å²) in [6, 6.07) is 9.39. The number of aromatic nitrogens is 1. The molecule has 1 aromatic heterocycles. The first-order chi connectivity index (χ1) is 10.9. The van der Waals surface area contributed by atoms with Crippen molar-refractivity contribution in [2.45, 2.75) is 38.8 Å². The first kappa shape index (κ1) is 15.7. The predicted molar refractivity (Wildman–Crippen MR) is 89.5 cm³/mol. The van der Waals surface area contributed by atoms with Crippen LogP contribution >= 0.6 is 0 Å². The quantitative estimate of drug-likeness (QED) is 0.923. The Bertz CT molecular complexity index is 794. The highest BCUT2D eigenvalue weighted by atomic mass is 16.5. The highest BCUT2D eigenvalue weighted by molar-refractivity contribution is 5.83. The van der Waals surface area contributed by atoms with Gasteiger partial charge >= 0.3 is 0 Å². The molecular weight excluding hydrogens is 292 g/mol. The lowest BCUT2D eigenvalue weighted by atomic mass is 9.99. The Balaban J connectivity index is 1.87. The van der Waals surface area contributed by atoms with Gasteiger partial charge in [0.05, 0.1) is 24.7 Å². The molecule has 0 saturated carbocycles. The van der Waals surface area contributed by atoms with Gasteiger partial charge in [0.15, 0.2) is 0 Å². The van der Waals surface area contributed by atoms with Crippen LogP contribution in [0.5, 0.6) is 0 Å². The molecule has 0 bridgehead atoms. The van der Waals surface area contributed by atoms with E-state index in [9.17, 15) is 9.59 Å². The molecule has 1 aromatic carbocycles. The van der Waals surface area contributed by atoms with Gasteiger partial charge in [0.1, 0.15) is 0 Å². The zero-order valence-corrected chi connectivity index (χ0v) is 13.8. The number of fused-ring (bicyclic) bond motifs is 1. The van der Waals surface area contributed by atoms with Gasteiger partial charge in [-0.25, -0.2) is 0 Å². The van der Waals surface area contributed by atoms with Crippen LogP contribution in [0.25, 0.3) is 10.9 Å². The minimum Gasteiger partial charge on any atom is -0.374 e. The zero-order chi connectivity index (χ0) is 16.6. The summed E-state index contributed by atoms with van der Waals surface area (Å²) >= 11 is 0. The van der Waals surface area contributed by atoms with Crippen molar-refractivity contribution in [3.63, 3.8) is 0 Å². The van der Waals surface area contributed by atoms with E-state index in [-0.39, 0.29) is 29.5 Å². The molecule has 1 aliphatic heterocycles. The summed E-state index contributed by atoms with van der Waals surface area (Å²) in [4.78, 5) is 29.6. The Morgan fingerprint density at radius 2 is 2.13 bits per heavy atom. The Morgan fingerprint density at radius 3 is 2.91 bits per heavy atom. The van der Waals surface area contributed by atoms with E-state index in [1.54, 1.807) is 0 Å². The van der Waals surface area contributed by atoms with Gasteiger partial charge in [-0.1, -0.05) is 18.2 Å². The number of hydrogen-bond donors (Lipinski definition) is 1. The number of aromatic amines is 1. The summed E-state index contributed by atoms with van der Waals surface area (Å²) in [7, 11) is 0. The number of carbonyl (C=O) groups excluding carboxylic acids is 1. The van der Waals surface area contributed by atoms with E-state index in [0.717, 1.165) is 10.9 Å². The van der Waals surface area contributed by atoms with Gasteiger partial charge < -0.3 is 14.6 Å². The number of nitrogens with one attached hydrogen (secondary N) is 1. The van der Waals surface area contributed by atoms with Gasteiger partial charge in [-0.05, 0) is 38.3 Å². The van der Waals surface area contributed by atoms with Gasteiger partial charge in [-0.15, -0.1) is 0 Å². The second-order valence-corrected chi connectivity index (χ2v) is 6.83. The maximum Gasteiger partial charge on any atom is 0.252 e. The number of morpholine rings is 1. The maximum absolute atomic E-state index is 12.7. The van der Waals surface area contributed by atoms with E-state index in [4.69, 9.17) is 4.74 Å². The largest absolute Gasteiger partial charge is 0.374 e. The number of hydrogen-bond acceptors (Lipinski definition) is 3. The third kappa shape index (κ3) is 3.15. The summed E-state index contributed by atoms with van der Waals surface area (Å²) in [5, 5.41) is 0.935. The average molecular weight is 314 g/mol. The van der Waals surface area contributed by atoms with Crippen LogP contribution in [0.15, 0.2) is 35.1 Å². The molecule has 0 radical (unpaired) electrons. The number of carbonyl (C=O) groups is 1. The number of nitrogens with zero attached hydrogens (tertiary/aromatic N) is 1. The minimum atomic E-state index is -0.354. The van der Waals surface area contributed by atoms with Gasteiger partial charge in [0.25, 0.3) is 5.56 Å². The average Bonchev–Trinajstić information content (AvgIpc) is 2.50. The van der Waals surface area contributed by atoms with E-state index in [0.29, 0.717) is 18.7 Å². The molecule has 1 saturated heterocycles. The lowest BCUT2D eigenvalue weighted by Crippen LogP contribution is -2.58. The Hall–Kier alpha value is -2.14. The molecule has 3 rings (SSSR count). The van der Waals surface area contributed by atoms with E-state index in [1.165, 1.54) is 0 Å². The number of amides is 1. The van der Waals surface area contributed by atoms with Crippen LogP contribution in [0, 0.1) is 0 Å². The van der Waals surface area contributed by atoms with Gasteiger partial charge in [0, 0.05) is 17.6 Å². The lowest BCUT2D eigenvalue weighted by Gasteiger charge is -2.44. The molecule has 1 atom stereocenters. The molecule has 0 spiro atoms. The van der Waals surface area contributed by atoms with Crippen LogP contribution in [0.1, 0.15) is 26.3 Å². The smallest absolute Gasteiger partial charge is 0.252 e. The molecule has 2 heterocycles. The summed E-state index contributed by atoms with van der Waals surface area (Å²) in [5.41, 5.74) is 0.738. The number of ether oxygens (including phenoxy) is 1. The third-order valence-corrected chi connectivity index (χ3v) is 4.36.